The first kappa shape index (κ1) is 21.3. The number of aryl methyl sites for hydroxylation is 1. The molecule has 0 atom stereocenters. The number of hydrogen-bond donors (Lipinski definition) is 2. The molecule has 1 aliphatic carbocycles. The molecule has 4 aromatic rings. The summed E-state index contributed by atoms with van der Waals surface area (Å²) in [6.07, 6.45) is 2.43. The molecule has 0 saturated heterocycles. The predicted molar refractivity (Wildman–Crippen MR) is 130 cm³/mol. The van der Waals surface area contributed by atoms with E-state index < -0.39 is 0 Å². The van der Waals surface area contributed by atoms with Gasteiger partial charge in [-0.1, -0.05) is 39.0 Å². The smallest absolute Gasteiger partial charge is 0.256 e. The second-order valence-corrected chi connectivity index (χ2v) is 10.2. The molecule has 3 aromatic heterocycles. The quantitative estimate of drug-likeness (QED) is 0.462. The van der Waals surface area contributed by atoms with Crippen LogP contribution in [0.3, 0.4) is 0 Å². The van der Waals surface area contributed by atoms with Crippen LogP contribution in [-0.4, -0.2) is 25.7 Å². The Bertz CT molecular complexity index is 1380. The number of anilines is 1. The largest absolute Gasteiger partial charge is 0.306 e. The second-order valence-electron chi connectivity index (χ2n) is 9.25. The number of hydrogen-bond acceptors (Lipinski definition) is 5. The molecule has 8 heteroatoms. The van der Waals surface area contributed by atoms with Crippen molar-refractivity contribution in [2.24, 2.45) is 0 Å². The highest BCUT2D eigenvalue weighted by molar-refractivity contribution is 7.13. The van der Waals surface area contributed by atoms with Crippen LogP contribution in [0.2, 0.25) is 0 Å². The maximum absolute atomic E-state index is 13.1. The maximum atomic E-state index is 13.1. The Morgan fingerprint density at radius 3 is 2.64 bits per heavy atom. The number of H-pyrrole nitrogens is 1. The minimum atomic E-state index is -0.252. The fraction of sp³-hybridized carbons (Fsp3) is 0.280. The van der Waals surface area contributed by atoms with E-state index in [1.165, 1.54) is 4.68 Å². The van der Waals surface area contributed by atoms with E-state index in [9.17, 15) is 9.59 Å². The first-order valence-electron chi connectivity index (χ1n) is 11.0. The molecule has 5 rings (SSSR count). The SMILES string of the molecule is CC(C)(C)c1ccc(C(=O)Nc2cc(-c3cccs3)nn2-c2nc3c(c(=O)[nH]2)CCC3)cc1. The summed E-state index contributed by atoms with van der Waals surface area (Å²) in [6.45, 7) is 6.41. The Labute approximate surface area is 195 Å². The lowest BCUT2D eigenvalue weighted by Gasteiger charge is -2.19. The summed E-state index contributed by atoms with van der Waals surface area (Å²) in [5.74, 6) is 0.504. The Hall–Kier alpha value is -3.52. The van der Waals surface area contributed by atoms with E-state index in [-0.39, 0.29) is 16.9 Å². The van der Waals surface area contributed by atoms with Gasteiger partial charge in [0.05, 0.1) is 10.6 Å². The van der Waals surface area contributed by atoms with Crippen LogP contribution in [0.1, 0.15) is 54.4 Å². The molecule has 7 nitrogen and oxygen atoms in total. The zero-order valence-corrected chi connectivity index (χ0v) is 19.6. The van der Waals surface area contributed by atoms with Crippen LogP contribution in [0.25, 0.3) is 16.5 Å². The van der Waals surface area contributed by atoms with Gasteiger partial charge in [0, 0.05) is 17.2 Å². The van der Waals surface area contributed by atoms with E-state index >= 15 is 0 Å². The summed E-state index contributed by atoms with van der Waals surface area (Å²) < 4.78 is 1.51. The molecule has 1 aromatic carbocycles. The molecular weight excluding hydrogens is 434 g/mol. The first-order valence-corrected chi connectivity index (χ1v) is 11.9. The molecule has 168 valence electrons. The van der Waals surface area contributed by atoms with Crippen LogP contribution >= 0.6 is 11.3 Å². The second kappa shape index (κ2) is 8.12. The van der Waals surface area contributed by atoms with Crippen LogP contribution in [-0.2, 0) is 18.3 Å². The van der Waals surface area contributed by atoms with E-state index in [0.29, 0.717) is 23.0 Å². The molecule has 1 aliphatic rings. The number of rotatable bonds is 4. The minimum absolute atomic E-state index is 0.00828. The molecule has 3 heterocycles. The van der Waals surface area contributed by atoms with Gasteiger partial charge < -0.3 is 5.32 Å². The van der Waals surface area contributed by atoms with E-state index in [1.54, 1.807) is 17.4 Å². The summed E-state index contributed by atoms with van der Waals surface area (Å²) >= 11 is 1.55. The average Bonchev–Trinajstić information content (AvgIpc) is 3.53. The van der Waals surface area contributed by atoms with Gasteiger partial charge in [-0.3, -0.25) is 14.6 Å². The monoisotopic (exact) mass is 459 g/mol. The highest BCUT2D eigenvalue weighted by Crippen LogP contribution is 2.28. The van der Waals surface area contributed by atoms with Gasteiger partial charge in [0.25, 0.3) is 11.5 Å². The van der Waals surface area contributed by atoms with Crippen molar-refractivity contribution in [3.63, 3.8) is 0 Å². The maximum Gasteiger partial charge on any atom is 0.256 e. The van der Waals surface area contributed by atoms with Gasteiger partial charge in [-0.15, -0.1) is 11.3 Å². The van der Waals surface area contributed by atoms with E-state index in [2.05, 4.69) is 41.2 Å². The number of thiophene rings is 1. The summed E-state index contributed by atoms with van der Waals surface area (Å²) in [5.41, 5.74) is 3.81. The van der Waals surface area contributed by atoms with Crippen molar-refractivity contribution in [1.82, 2.24) is 19.7 Å². The number of aromatic nitrogens is 4. The molecule has 33 heavy (non-hydrogen) atoms. The van der Waals surface area contributed by atoms with Gasteiger partial charge in [0.15, 0.2) is 0 Å². The Morgan fingerprint density at radius 2 is 1.94 bits per heavy atom. The molecule has 0 unspecified atom stereocenters. The Kier molecular flexibility index (Phi) is 5.25. The van der Waals surface area contributed by atoms with Crippen LogP contribution in [0, 0.1) is 0 Å². The number of benzene rings is 1. The number of amides is 1. The fourth-order valence-electron chi connectivity index (χ4n) is 4.02. The van der Waals surface area contributed by atoms with Crippen molar-refractivity contribution in [3.8, 4) is 16.5 Å². The zero-order valence-electron chi connectivity index (χ0n) is 18.8. The predicted octanol–water partition coefficient (Wildman–Crippen LogP) is 4.72. The fourth-order valence-corrected chi connectivity index (χ4v) is 4.70. The van der Waals surface area contributed by atoms with Gasteiger partial charge in [-0.05, 0) is 53.8 Å². The van der Waals surface area contributed by atoms with Crippen LogP contribution in [0.4, 0.5) is 5.82 Å². The molecule has 0 saturated carbocycles. The Morgan fingerprint density at radius 1 is 1.15 bits per heavy atom. The molecule has 0 fully saturated rings. The number of carbonyl (C=O) groups excluding carboxylic acids is 1. The number of aromatic amines is 1. The van der Waals surface area contributed by atoms with E-state index in [0.717, 1.165) is 41.0 Å². The first-order chi connectivity index (χ1) is 15.8. The lowest BCUT2D eigenvalue weighted by atomic mass is 9.87. The van der Waals surface area contributed by atoms with E-state index in [1.807, 2.05) is 41.8 Å². The topological polar surface area (TPSA) is 92.7 Å². The third-order valence-electron chi connectivity index (χ3n) is 5.87. The van der Waals surface area contributed by atoms with Crippen LogP contribution in [0.5, 0.6) is 0 Å². The van der Waals surface area contributed by atoms with Crippen molar-refractivity contribution in [2.45, 2.75) is 45.4 Å². The number of fused-ring (bicyclic) bond motifs is 1. The summed E-state index contributed by atoms with van der Waals surface area (Å²) in [5, 5.41) is 9.59. The van der Waals surface area contributed by atoms with E-state index in [4.69, 9.17) is 0 Å². The molecule has 0 spiro atoms. The lowest BCUT2D eigenvalue weighted by Crippen LogP contribution is -2.21. The van der Waals surface area contributed by atoms with Crippen molar-refractivity contribution in [2.75, 3.05) is 5.32 Å². The highest BCUT2D eigenvalue weighted by Gasteiger charge is 2.21. The average molecular weight is 460 g/mol. The van der Waals surface area contributed by atoms with Crippen LogP contribution in [0.15, 0.2) is 52.6 Å². The standard InChI is InChI=1S/C25H25N5O2S/c1-25(2,3)16-11-9-15(10-12-16)22(31)27-21-14-19(20-8-5-13-33-20)29-30(21)24-26-18-7-4-6-17(18)23(32)28-24/h5,8-14H,4,6-7H2,1-3H3,(H,27,31)(H,26,28,32). The van der Waals surface area contributed by atoms with Crippen LogP contribution < -0.4 is 10.9 Å². The van der Waals surface area contributed by atoms with Gasteiger partial charge >= 0.3 is 0 Å². The molecule has 0 aliphatic heterocycles. The number of carbonyl (C=O) groups is 1. The van der Waals surface area contributed by atoms with Gasteiger partial charge in [-0.2, -0.15) is 9.78 Å². The Balaban J connectivity index is 1.52. The summed E-state index contributed by atoms with van der Waals surface area (Å²) in [6, 6.07) is 13.3. The zero-order chi connectivity index (χ0) is 23.2. The van der Waals surface area contributed by atoms with Crippen molar-refractivity contribution in [1.29, 1.82) is 0 Å². The highest BCUT2D eigenvalue weighted by atomic mass is 32.1. The van der Waals surface area contributed by atoms with Crippen molar-refractivity contribution in [3.05, 3.63) is 80.6 Å². The number of nitrogens with zero attached hydrogens (tertiary/aromatic N) is 3. The molecule has 1 amide bonds. The summed E-state index contributed by atoms with van der Waals surface area (Å²) in [7, 11) is 0. The van der Waals surface area contributed by atoms with Crippen molar-refractivity contribution < 1.29 is 4.79 Å². The summed E-state index contributed by atoms with van der Waals surface area (Å²) in [4.78, 5) is 34.1. The molecule has 0 radical (unpaired) electrons. The third kappa shape index (κ3) is 4.14. The normalized spacial score (nSPS) is 13.2. The lowest BCUT2D eigenvalue weighted by molar-refractivity contribution is 0.102. The third-order valence-corrected chi connectivity index (χ3v) is 6.76. The molecule has 0 bridgehead atoms. The minimum Gasteiger partial charge on any atom is -0.306 e. The van der Waals surface area contributed by atoms with Gasteiger partial charge in [0.1, 0.15) is 11.5 Å². The molecular formula is C25H25N5O2S. The number of nitrogens with one attached hydrogen (secondary N) is 2. The van der Waals surface area contributed by atoms with Gasteiger partial charge in [0.2, 0.25) is 5.95 Å². The molecule has 2 N–H and O–H groups in total. The van der Waals surface area contributed by atoms with Crippen molar-refractivity contribution >= 4 is 23.1 Å². The van der Waals surface area contributed by atoms with Gasteiger partial charge in [-0.25, -0.2) is 4.98 Å².